The Hall–Kier alpha value is -3.12. The third kappa shape index (κ3) is 3.29. The summed E-state index contributed by atoms with van der Waals surface area (Å²) in [5, 5.41) is 7.76. The highest BCUT2D eigenvalue weighted by Gasteiger charge is 2.33. The molecular weight excluding hydrogens is 364 g/mol. The molecule has 6 nitrogen and oxygen atoms in total. The van der Waals surface area contributed by atoms with Crippen LogP contribution in [0.2, 0.25) is 0 Å². The van der Waals surface area contributed by atoms with Gasteiger partial charge in [-0.1, -0.05) is 42.5 Å². The Labute approximate surface area is 170 Å². The smallest absolute Gasteiger partial charge is 0.226 e. The topological polar surface area (TPSA) is 59.4 Å². The summed E-state index contributed by atoms with van der Waals surface area (Å²) in [6, 6.07) is 18.8. The first-order valence-corrected chi connectivity index (χ1v) is 10.1. The summed E-state index contributed by atoms with van der Waals surface area (Å²) in [6.07, 6.45) is 0.426. The fourth-order valence-corrected chi connectivity index (χ4v) is 4.32. The zero-order valence-electron chi connectivity index (χ0n) is 16.5. The lowest BCUT2D eigenvalue weighted by Crippen LogP contribution is -2.36. The van der Waals surface area contributed by atoms with Crippen molar-refractivity contribution in [3.05, 3.63) is 65.7 Å². The molecule has 0 radical (unpaired) electrons. The summed E-state index contributed by atoms with van der Waals surface area (Å²) < 4.78 is 7.23. The van der Waals surface area contributed by atoms with Crippen LogP contribution >= 0.6 is 0 Å². The molecule has 5 rings (SSSR count). The number of anilines is 2. The van der Waals surface area contributed by atoms with Crippen molar-refractivity contribution >= 4 is 17.4 Å². The van der Waals surface area contributed by atoms with E-state index in [0.29, 0.717) is 6.42 Å². The number of hydrogen-bond donors (Lipinski definition) is 1. The standard InChI is InChI=1S/C23H24N4O2/c1-26-23-21(22(25-26)17-5-3-2-4-6-17)19(15-20(28)24-23)16-7-9-18(10-8-16)27-11-13-29-14-12-27/h2-10,19H,11-15H2,1H3,(H,24,28). The van der Waals surface area contributed by atoms with Crippen molar-refractivity contribution in [1.82, 2.24) is 9.78 Å². The zero-order valence-corrected chi connectivity index (χ0v) is 16.5. The van der Waals surface area contributed by atoms with E-state index in [4.69, 9.17) is 9.84 Å². The lowest BCUT2D eigenvalue weighted by Gasteiger charge is -2.29. The van der Waals surface area contributed by atoms with Gasteiger partial charge in [0.25, 0.3) is 0 Å². The molecule has 1 aromatic heterocycles. The fourth-order valence-electron chi connectivity index (χ4n) is 4.32. The first-order chi connectivity index (χ1) is 14.2. The summed E-state index contributed by atoms with van der Waals surface area (Å²) >= 11 is 0. The lowest BCUT2D eigenvalue weighted by atomic mass is 9.84. The Bertz CT molecular complexity index is 1020. The Morgan fingerprint density at radius 2 is 1.76 bits per heavy atom. The number of aromatic nitrogens is 2. The van der Waals surface area contributed by atoms with E-state index in [9.17, 15) is 4.79 Å². The zero-order chi connectivity index (χ0) is 19.8. The second-order valence-electron chi connectivity index (χ2n) is 7.60. The van der Waals surface area contributed by atoms with Gasteiger partial charge in [0.2, 0.25) is 5.91 Å². The summed E-state index contributed by atoms with van der Waals surface area (Å²) in [5.74, 6) is 0.811. The molecule has 1 amide bonds. The predicted octanol–water partition coefficient (Wildman–Crippen LogP) is 3.40. The van der Waals surface area contributed by atoms with Gasteiger partial charge in [-0.05, 0) is 17.7 Å². The molecule has 2 aliphatic heterocycles. The molecule has 0 saturated carbocycles. The minimum atomic E-state index is -0.0126. The molecular formula is C23H24N4O2. The van der Waals surface area contributed by atoms with Crippen molar-refractivity contribution in [2.24, 2.45) is 7.05 Å². The number of benzene rings is 2. The van der Waals surface area contributed by atoms with Gasteiger partial charge in [-0.3, -0.25) is 9.48 Å². The van der Waals surface area contributed by atoms with Crippen LogP contribution in [0.15, 0.2) is 54.6 Å². The van der Waals surface area contributed by atoms with E-state index in [1.807, 2.05) is 25.2 Å². The highest BCUT2D eigenvalue weighted by molar-refractivity contribution is 5.96. The molecule has 29 heavy (non-hydrogen) atoms. The minimum Gasteiger partial charge on any atom is -0.378 e. The quantitative estimate of drug-likeness (QED) is 0.747. The summed E-state index contributed by atoms with van der Waals surface area (Å²) in [4.78, 5) is 14.8. The molecule has 6 heteroatoms. The van der Waals surface area contributed by atoms with Gasteiger partial charge >= 0.3 is 0 Å². The van der Waals surface area contributed by atoms with Crippen LogP contribution in [-0.4, -0.2) is 42.0 Å². The number of ether oxygens (including phenoxy) is 1. The number of rotatable bonds is 3. The van der Waals surface area contributed by atoms with Crippen LogP contribution in [-0.2, 0) is 16.6 Å². The maximum atomic E-state index is 12.4. The number of nitrogens with one attached hydrogen (secondary N) is 1. The predicted molar refractivity (Wildman–Crippen MR) is 113 cm³/mol. The number of hydrogen-bond acceptors (Lipinski definition) is 4. The summed E-state index contributed by atoms with van der Waals surface area (Å²) in [5.41, 5.74) is 5.44. The molecule has 1 atom stereocenters. The van der Waals surface area contributed by atoms with E-state index < -0.39 is 0 Å². The molecule has 1 unspecified atom stereocenters. The van der Waals surface area contributed by atoms with Crippen LogP contribution in [0.5, 0.6) is 0 Å². The van der Waals surface area contributed by atoms with Crippen molar-refractivity contribution in [2.45, 2.75) is 12.3 Å². The molecule has 0 aliphatic carbocycles. The van der Waals surface area contributed by atoms with Gasteiger partial charge in [0.1, 0.15) is 5.82 Å². The Kier molecular flexibility index (Phi) is 4.56. The van der Waals surface area contributed by atoms with E-state index in [2.05, 4.69) is 46.6 Å². The van der Waals surface area contributed by atoms with Crippen LogP contribution in [0.4, 0.5) is 11.5 Å². The number of morpholine rings is 1. The highest BCUT2D eigenvalue weighted by atomic mass is 16.5. The number of carbonyl (C=O) groups is 1. The molecule has 2 aromatic carbocycles. The Morgan fingerprint density at radius 3 is 2.48 bits per heavy atom. The number of aryl methyl sites for hydroxylation is 1. The first kappa shape index (κ1) is 17.9. The van der Waals surface area contributed by atoms with Gasteiger partial charge in [-0.15, -0.1) is 0 Å². The van der Waals surface area contributed by atoms with Crippen LogP contribution in [0, 0.1) is 0 Å². The average molecular weight is 388 g/mol. The third-order valence-corrected chi connectivity index (χ3v) is 5.80. The first-order valence-electron chi connectivity index (χ1n) is 10.1. The van der Waals surface area contributed by atoms with Crippen molar-refractivity contribution in [1.29, 1.82) is 0 Å². The molecule has 1 fully saturated rings. The van der Waals surface area contributed by atoms with E-state index in [-0.39, 0.29) is 11.8 Å². The third-order valence-electron chi connectivity index (χ3n) is 5.80. The maximum absolute atomic E-state index is 12.4. The number of fused-ring (bicyclic) bond motifs is 1. The van der Waals surface area contributed by atoms with E-state index in [0.717, 1.165) is 54.5 Å². The molecule has 2 aliphatic rings. The molecule has 0 bridgehead atoms. The van der Waals surface area contributed by atoms with Crippen LogP contribution in [0.25, 0.3) is 11.3 Å². The Balaban J connectivity index is 1.54. The molecule has 3 aromatic rings. The normalized spacial score (nSPS) is 19.0. The van der Waals surface area contributed by atoms with Crippen molar-refractivity contribution in [2.75, 3.05) is 36.5 Å². The average Bonchev–Trinajstić information content (AvgIpc) is 3.11. The second kappa shape index (κ2) is 7.37. The lowest BCUT2D eigenvalue weighted by molar-refractivity contribution is -0.116. The molecule has 0 spiro atoms. The van der Waals surface area contributed by atoms with Crippen molar-refractivity contribution in [3.63, 3.8) is 0 Å². The van der Waals surface area contributed by atoms with E-state index in [1.165, 1.54) is 5.69 Å². The molecule has 3 heterocycles. The van der Waals surface area contributed by atoms with Crippen molar-refractivity contribution in [3.8, 4) is 11.3 Å². The monoisotopic (exact) mass is 388 g/mol. The number of nitrogens with zero attached hydrogens (tertiary/aromatic N) is 3. The van der Waals surface area contributed by atoms with Gasteiger partial charge in [0, 0.05) is 49.3 Å². The van der Waals surface area contributed by atoms with Crippen molar-refractivity contribution < 1.29 is 9.53 Å². The summed E-state index contributed by atoms with van der Waals surface area (Å²) in [6.45, 7) is 3.36. The number of amides is 1. The van der Waals surface area contributed by atoms with Gasteiger partial charge in [0.05, 0.1) is 18.9 Å². The minimum absolute atomic E-state index is 0.0126. The van der Waals surface area contributed by atoms with E-state index >= 15 is 0 Å². The van der Waals surface area contributed by atoms with E-state index in [1.54, 1.807) is 4.68 Å². The molecule has 1 N–H and O–H groups in total. The molecule has 148 valence electrons. The van der Waals surface area contributed by atoms with Gasteiger partial charge in [-0.25, -0.2) is 0 Å². The maximum Gasteiger partial charge on any atom is 0.226 e. The summed E-state index contributed by atoms with van der Waals surface area (Å²) in [7, 11) is 1.88. The Morgan fingerprint density at radius 1 is 1.03 bits per heavy atom. The van der Waals surface area contributed by atoms with Crippen LogP contribution < -0.4 is 10.2 Å². The second-order valence-corrected chi connectivity index (χ2v) is 7.60. The van der Waals surface area contributed by atoms with Gasteiger partial charge < -0.3 is 15.0 Å². The van der Waals surface area contributed by atoms with Gasteiger partial charge in [0.15, 0.2) is 0 Å². The molecule has 1 saturated heterocycles. The van der Waals surface area contributed by atoms with Gasteiger partial charge in [-0.2, -0.15) is 5.10 Å². The SMILES string of the molecule is Cn1nc(-c2ccccc2)c2c1NC(=O)CC2c1ccc(N2CCOCC2)cc1. The van der Waals surface area contributed by atoms with Crippen LogP contribution in [0.1, 0.15) is 23.5 Å². The van der Waals surface area contributed by atoms with Crippen LogP contribution in [0.3, 0.4) is 0 Å². The largest absolute Gasteiger partial charge is 0.378 e. The highest BCUT2D eigenvalue weighted by Crippen LogP contribution is 2.42. The fraction of sp³-hybridized carbons (Fsp3) is 0.304. The number of carbonyl (C=O) groups excluding carboxylic acids is 1.